The van der Waals surface area contributed by atoms with E-state index in [-0.39, 0.29) is 72.4 Å². The highest BCUT2D eigenvalue weighted by atomic mass is 16.8. The van der Waals surface area contributed by atoms with Crippen molar-refractivity contribution < 1.29 is 189 Å². The zero-order valence-corrected chi connectivity index (χ0v) is 59.6. The van der Waals surface area contributed by atoms with Crippen LogP contribution in [0.4, 0.5) is 0 Å². The molecule has 8 heterocycles. The minimum absolute atomic E-state index is 0.0317. The summed E-state index contributed by atoms with van der Waals surface area (Å²) >= 11 is 0. The second kappa shape index (κ2) is 33.7. The molecule has 0 bridgehead atoms. The lowest BCUT2D eigenvalue weighted by Gasteiger charge is -2.62. The van der Waals surface area contributed by atoms with Gasteiger partial charge < -0.3 is 189 Å². The number of rotatable bonds is 23. The third-order valence-corrected chi connectivity index (χ3v) is 26.0. The minimum Gasteiger partial charge on any atom is -0.394 e. The summed E-state index contributed by atoms with van der Waals surface area (Å²) in [5.74, 6) is -1.22. The Kier molecular flexibility index (Phi) is 26.7. The van der Waals surface area contributed by atoms with Gasteiger partial charge in [-0.25, -0.2) is 0 Å². The van der Waals surface area contributed by atoms with Crippen LogP contribution < -0.4 is 0 Å². The number of hydrogen-bond donors (Lipinski definition) is 23. The van der Waals surface area contributed by atoms with E-state index in [1.807, 2.05) is 13.8 Å². The summed E-state index contributed by atoms with van der Waals surface area (Å²) in [6.07, 6.45) is -58.5. The first-order valence-corrected chi connectivity index (χ1v) is 37.3. The fraction of sp³-hybridized carbons (Fsp3) is 1.00. The summed E-state index contributed by atoms with van der Waals surface area (Å²) in [5, 5.41) is 252. The first-order valence-electron chi connectivity index (χ1n) is 37.3. The van der Waals surface area contributed by atoms with Crippen LogP contribution in [-0.4, -0.2) is 397 Å². The molecule has 0 aromatic rings. The molecule has 47 atom stereocenters. The molecule has 0 radical (unpaired) electrons. The fourth-order valence-electron chi connectivity index (χ4n) is 19.7. The zero-order valence-electron chi connectivity index (χ0n) is 59.6. The molecule has 4 saturated carbocycles. The summed E-state index contributed by atoms with van der Waals surface area (Å²) in [5.41, 5.74) is -0.620. The van der Waals surface area contributed by atoms with E-state index in [1.165, 1.54) is 6.92 Å². The molecule has 12 fully saturated rings. The standard InChI is InChI=1S/C68H114O38/c1-22(19-92-59-49(85)44(80)41(77)33(15-69)97-59)8-11-68(91)23(2)38-32(106-68)13-28-26-7-6-25-12-31(29(73)14-67(25,5)27(26)9-10-66(28,38)4)96-65-58(105-62-51(87)43(79)39(75)24(3)95-62)54(90)56(36(18-72)100-65)103-64-53(89)47(83)57(37(101-64)21-94-60-50(86)45(81)42(78)34(16-70)98-60)104-63-52(88)46(82)55(35(17-71)99-63)102-61-48(84)40(76)30(74)20-93-61/h22-65,69-91H,6-21H2,1-5H3/t22-,23-,24-,25-,26+,27-,28+,29-,30+,31+,32-,33+,34+,35+,36+,37+,38-,39-,40-,41+,42+,43+,44-,45-,46+,47+,48+,49+,50+,51+,52+,53+,54-,55+,56+,57+,58+,59+,60+,61-,62-,63-,64-,65+,66-,67-,68+/m0/s1. The Morgan fingerprint density at radius 2 is 0.925 bits per heavy atom. The Balaban J connectivity index is 0.728. The van der Waals surface area contributed by atoms with Gasteiger partial charge in [0, 0.05) is 12.3 Å². The van der Waals surface area contributed by atoms with Gasteiger partial charge in [-0.3, -0.25) is 0 Å². The first-order chi connectivity index (χ1) is 50.1. The van der Waals surface area contributed by atoms with Crippen molar-refractivity contribution in [1.82, 2.24) is 0 Å². The van der Waals surface area contributed by atoms with Crippen molar-refractivity contribution in [2.24, 2.45) is 52.3 Å². The van der Waals surface area contributed by atoms with Crippen LogP contribution in [0.5, 0.6) is 0 Å². The van der Waals surface area contributed by atoms with Crippen LogP contribution in [-0.2, 0) is 71.1 Å². The van der Waals surface area contributed by atoms with E-state index in [9.17, 15) is 117 Å². The number of hydrogen-bond acceptors (Lipinski definition) is 38. The van der Waals surface area contributed by atoms with Crippen molar-refractivity contribution in [3.63, 3.8) is 0 Å². The SMILES string of the molecule is C[C@@H](CC[C@@]1(O)O[C@H]2C[C@@H]3[C@@H]4CC[C@H]5C[C@@H](O[C@@H]6O[C@H](CO)[C@@H](O[C@@H]7O[C@H](CO[C@@H]8O[C@H](CO)[C@@H](O)[C@H](O)[C@H]8O)[C@@H](O[C@@H]8O[C@H](CO)[C@@H](O[C@@H]9OC[C@@H](O)[C@H](O)[C@H]9O)[C@H](O)[C@H]8O)[C@H](O)[C@H]7O)[C@H](O)[C@H]6O[C@@H]6O[C@@H](C)[C@H](O)[C@@H](O)[C@H]6O)[C@@H](O)C[C@]5(C)[C@H]4CC[C@]3(C)[C@H]2[C@@H]1C)CO[C@@H]1O[C@H](CO)[C@@H](O)[C@H](O)[C@H]1O. The van der Waals surface area contributed by atoms with Gasteiger partial charge in [-0.05, 0) is 105 Å². The second-order valence-corrected chi connectivity index (χ2v) is 32.4. The molecule has 8 saturated heterocycles. The van der Waals surface area contributed by atoms with Gasteiger partial charge in [0.1, 0.15) is 159 Å². The van der Waals surface area contributed by atoms with Crippen molar-refractivity contribution >= 4 is 0 Å². The van der Waals surface area contributed by atoms with Crippen LogP contribution in [0.1, 0.15) is 92.4 Å². The lowest BCUT2D eigenvalue weighted by molar-refractivity contribution is -0.402. The summed E-state index contributed by atoms with van der Waals surface area (Å²) in [6.45, 7) is 5.02. The molecule has 614 valence electrons. The quantitative estimate of drug-likeness (QED) is 0.0423. The van der Waals surface area contributed by atoms with Gasteiger partial charge in [0.2, 0.25) is 0 Å². The van der Waals surface area contributed by atoms with Crippen molar-refractivity contribution in [2.75, 3.05) is 46.2 Å². The Labute approximate surface area is 610 Å². The van der Waals surface area contributed by atoms with Crippen LogP contribution in [0.25, 0.3) is 0 Å². The number of aliphatic hydroxyl groups excluding tert-OH is 22. The van der Waals surface area contributed by atoms with Gasteiger partial charge in [-0.15, -0.1) is 0 Å². The van der Waals surface area contributed by atoms with Crippen molar-refractivity contribution in [3.8, 4) is 0 Å². The van der Waals surface area contributed by atoms with Crippen LogP contribution in [0.2, 0.25) is 0 Å². The predicted molar refractivity (Wildman–Crippen MR) is 343 cm³/mol. The molecule has 0 amide bonds. The van der Waals surface area contributed by atoms with Crippen LogP contribution in [0.3, 0.4) is 0 Å². The molecule has 0 unspecified atom stereocenters. The zero-order chi connectivity index (χ0) is 76.8. The molecule has 8 aliphatic heterocycles. The number of aliphatic hydroxyl groups is 23. The molecule has 38 heteroatoms. The Morgan fingerprint density at radius 1 is 0.434 bits per heavy atom. The van der Waals surface area contributed by atoms with Crippen molar-refractivity contribution in [3.05, 3.63) is 0 Å². The molecular formula is C68H114O38. The maximum atomic E-state index is 12.7. The van der Waals surface area contributed by atoms with Crippen molar-refractivity contribution in [1.29, 1.82) is 0 Å². The summed E-state index contributed by atoms with van der Waals surface area (Å²) < 4.78 is 89.8. The molecular weight excluding hydrogens is 1420 g/mol. The van der Waals surface area contributed by atoms with Gasteiger partial charge in [-0.1, -0.05) is 27.7 Å². The topological polar surface area (TPSA) is 604 Å². The number of ether oxygens (including phenoxy) is 15. The molecule has 0 aromatic carbocycles. The molecule has 106 heavy (non-hydrogen) atoms. The number of fused-ring (bicyclic) bond motifs is 7. The van der Waals surface area contributed by atoms with E-state index in [0.29, 0.717) is 12.8 Å². The average Bonchev–Trinajstić information content (AvgIpc) is 1.50. The van der Waals surface area contributed by atoms with Crippen molar-refractivity contribution in [2.45, 2.75) is 325 Å². The van der Waals surface area contributed by atoms with E-state index < -0.39 is 272 Å². The van der Waals surface area contributed by atoms with Gasteiger partial charge >= 0.3 is 0 Å². The van der Waals surface area contributed by atoms with Gasteiger partial charge in [-0.2, -0.15) is 0 Å². The lowest BCUT2D eigenvalue weighted by atomic mass is 9.44. The Morgan fingerprint density at radius 3 is 1.53 bits per heavy atom. The predicted octanol–water partition coefficient (Wildman–Crippen LogP) is -9.84. The Bertz CT molecular complexity index is 2810. The lowest BCUT2D eigenvalue weighted by Crippen LogP contribution is -2.68. The minimum atomic E-state index is -2.29. The molecule has 12 rings (SSSR count). The van der Waals surface area contributed by atoms with E-state index in [2.05, 4.69) is 13.8 Å². The van der Waals surface area contributed by atoms with Gasteiger partial charge in [0.15, 0.2) is 49.8 Å². The van der Waals surface area contributed by atoms with Crippen LogP contribution in [0.15, 0.2) is 0 Å². The Hall–Kier alpha value is -1.52. The summed E-state index contributed by atoms with van der Waals surface area (Å²) in [7, 11) is 0. The van der Waals surface area contributed by atoms with E-state index in [1.54, 1.807) is 0 Å². The highest BCUT2D eigenvalue weighted by molar-refractivity contribution is 5.16. The fourth-order valence-corrected chi connectivity index (χ4v) is 19.7. The summed E-state index contributed by atoms with van der Waals surface area (Å²) in [4.78, 5) is 0. The van der Waals surface area contributed by atoms with E-state index in [0.717, 1.165) is 32.1 Å². The first kappa shape index (κ1) is 83.9. The third-order valence-electron chi connectivity index (χ3n) is 26.0. The summed E-state index contributed by atoms with van der Waals surface area (Å²) in [6, 6.07) is 0. The van der Waals surface area contributed by atoms with E-state index >= 15 is 0 Å². The molecule has 0 aromatic heterocycles. The monoisotopic (exact) mass is 1540 g/mol. The highest BCUT2D eigenvalue weighted by Gasteiger charge is 2.69. The maximum Gasteiger partial charge on any atom is 0.187 e. The molecule has 0 spiro atoms. The van der Waals surface area contributed by atoms with Crippen LogP contribution in [0, 0.1) is 52.3 Å². The molecule has 12 aliphatic rings. The van der Waals surface area contributed by atoms with Crippen LogP contribution >= 0.6 is 0 Å². The molecule has 23 N–H and O–H groups in total. The highest BCUT2D eigenvalue weighted by Crippen LogP contribution is 2.71. The smallest absolute Gasteiger partial charge is 0.187 e. The average molecular weight is 1540 g/mol. The normalized spacial score (nSPS) is 55.9. The third kappa shape index (κ3) is 15.8. The van der Waals surface area contributed by atoms with E-state index in [4.69, 9.17) is 71.1 Å². The van der Waals surface area contributed by atoms with Gasteiger partial charge in [0.25, 0.3) is 0 Å². The molecule has 38 nitrogen and oxygen atoms in total. The second-order valence-electron chi connectivity index (χ2n) is 32.4. The largest absolute Gasteiger partial charge is 0.394 e. The molecule has 4 aliphatic carbocycles. The maximum absolute atomic E-state index is 12.7. The van der Waals surface area contributed by atoms with Gasteiger partial charge in [0.05, 0.1) is 70.7 Å².